The average molecular weight is 109 g/mol. The molecule has 0 aromatic carbocycles. The standard InChI is InChI=1S/C5H7N3/c1-5-3-6-7-4-8(5)2/h3-4H,1H2,2H3. The highest BCUT2D eigenvalue weighted by molar-refractivity contribution is 5.83. The minimum absolute atomic E-state index is 0.861. The van der Waals surface area contributed by atoms with E-state index < -0.39 is 0 Å². The van der Waals surface area contributed by atoms with Gasteiger partial charge in [-0.1, -0.05) is 6.58 Å². The van der Waals surface area contributed by atoms with Gasteiger partial charge in [0.1, 0.15) is 6.34 Å². The van der Waals surface area contributed by atoms with E-state index in [1.54, 1.807) is 17.5 Å². The Balaban J connectivity index is 2.74. The first-order chi connectivity index (χ1) is 3.80. The predicted molar refractivity (Wildman–Crippen MR) is 33.9 cm³/mol. The number of hydrogen-bond acceptors (Lipinski definition) is 3. The van der Waals surface area contributed by atoms with Gasteiger partial charge in [0.15, 0.2) is 0 Å². The molecule has 1 heterocycles. The zero-order valence-corrected chi connectivity index (χ0v) is 4.70. The van der Waals surface area contributed by atoms with E-state index in [0.29, 0.717) is 0 Å². The van der Waals surface area contributed by atoms with Crippen molar-refractivity contribution in [3.63, 3.8) is 0 Å². The Morgan fingerprint density at radius 3 is 2.75 bits per heavy atom. The van der Waals surface area contributed by atoms with Gasteiger partial charge in [0.05, 0.1) is 11.9 Å². The van der Waals surface area contributed by atoms with Crippen molar-refractivity contribution in [1.82, 2.24) is 4.90 Å². The quantitative estimate of drug-likeness (QED) is 0.444. The van der Waals surface area contributed by atoms with E-state index >= 15 is 0 Å². The van der Waals surface area contributed by atoms with Crippen LogP contribution in [0.15, 0.2) is 22.5 Å². The summed E-state index contributed by atoms with van der Waals surface area (Å²) < 4.78 is 0. The van der Waals surface area contributed by atoms with Gasteiger partial charge in [0.2, 0.25) is 0 Å². The second kappa shape index (κ2) is 1.78. The van der Waals surface area contributed by atoms with Gasteiger partial charge in [-0.3, -0.25) is 0 Å². The summed E-state index contributed by atoms with van der Waals surface area (Å²) in [6.07, 6.45) is 3.22. The zero-order valence-electron chi connectivity index (χ0n) is 4.70. The normalized spacial score (nSPS) is 17.6. The van der Waals surface area contributed by atoms with Gasteiger partial charge in [-0.2, -0.15) is 5.10 Å². The highest BCUT2D eigenvalue weighted by Crippen LogP contribution is 1.95. The first-order valence-corrected chi connectivity index (χ1v) is 2.29. The van der Waals surface area contributed by atoms with E-state index in [2.05, 4.69) is 16.8 Å². The fourth-order valence-corrected chi connectivity index (χ4v) is 0.372. The summed E-state index contributed by atoms with van der Waals surface area (Å²) in [5.74, 6) is 0. The molecule has 0 aliphatic carbocycles. The monoisotopic (exact) mass is 109 g/mol. The van der Waals surface area contributed by atoms with Crippen LogP contribution >= 0.6 is 0 Å². The molecule has 1 aliphatic rings. The van der Waals surface area contributed by atoms with Gasteiger partial charge < -0.3 is 4.90 Å². The van der Waals surface area contributed by atoms with E-state index in [-0.39, 0.29) is 0 Å². The van der Waals surface area contributed by atoms with Gasteiger partial charge in [-0.25, -0.2) is 0 Å². The number of hydrogen-bond donors (Lipinski definition) is 0. The van der Waals surface area contributed by atoms with Crippen LogP contribution in [-0.4, -0.2) is 24.5 Å². The second-order valence-electron chi connectivity index (χ2n) is 1.58. The first kappa shape index (κ1) is 5.03. The molecule has 8 heavy (non-hydrogen) atoms. The predicted octanol–water partition coefficient (Wildman–Crippen LogP) is 0.460. The van der Waals surface area contributed by atoms with E-state index in [4.69, 9.17) is 0 Å². The van der Waals surface area contributed by atoms with E-state index in [0.717, 1.165) is 5.70 Å². The molecule has 0 radical (unpaired) electrons. The molecule has 0 amide bonds. The molecule has 0 aromatic rings. The van der Waals surface area contributed by atoms with Gasteiger partial charge in [0.25, 0.3) is 0 Å². The lowest BCUT2D eigenvalue weighted by Gasteiger charge is -2.12. The summed E-state index contributed by atoms with van der Waals surface area (Å²) >= 11 is 0. The Bertz CT molecular complexity index is 157. The smallest absolute Gasteiger partial charge is 0.118 e. The summed E-state index contributed by atoms with van der Waals surface area (Å²) in [6, 6.07) is 0. The fourth-order valence-electron chi connectivity index (χ4n) is 0.372. The highest BCUT2D eigenvalue weighted by atomic mass is 15.3. The third-order valence-electron chi connectivity index (χ3n) is 0.951. The van der Waals surface area contributed by atoms with Gasteiger partial charge >= 0.3 is 0 Å². The number of allylic oxidation sites excluding steroid dienone is 1. The molecule has 0 aromatic heterocycles. The largest absolute Gasteiger partial charge is 0.333 e. The molecular formula is C5H7N3. The van der Waals surface area contributed by atoms with Gasteiger partial charge in [-0.05, 0) is 0 Å². The van der Waals surface area contributed by atoms with E-state index in [9.17, 15) is 0 Å². The van der Waals surface area contributed by atoms with Crippen molar-refractivity contribution in [2.24, 2.45) is 10.2 Å². The zero-order chi connectivity index (χ0) is 5.98. The summed E-state index contributed by atoms with van der Waals surface area (Å²) in [5.41, 5.74) is 0.861. The molecule has 1 rings (SSSR count). The summed E-state index contributed by atoms with van der Waals surface area (Å²) in [4.78, 5) is 1.80. The van der Waals surface area contributed by atoms with Gasteiger partial charge in [0, 0.05) is 7.05 Å². The molecule has 42 valence electrons. The average Bonchev–Trinajstić information content (AvgIpc) is 1.77. The molecule has 3 nitrogen and oxygen atoms in total. The molecule has 0 spiro atoms. The molecule has 3 heteroatoms. The summed E-state index contributed by atoms with van der Waals surface area (Å²) in [5, 5.41) is 7.23. The summed E-state index contributed by atoms with van der Waals surface area (Å²) in [6.45, 7) is 3.68. The van der Waals surface area contributed by atoms with Crippen molar-refractivity contribution in [2.45, 2.75) is 0 Å². The third-order valence-corrected chi connectivity index (χ3v) is 0.951. The van der Waals surface area contributed by atoms with Crippen LogP contribution in [0.1, 0.15) is 0 Å². The van der Waals surface area contributed by atoms with Crippen LogP contribution in [0.5, 0.6) is 0 Å². The van der Waals surface area contributed by atoms with Crippen LogP contribution in [-0.2, 0) is 0 Å². The third kappa shape index (κ3) is 0.753. The van der Waals surface area contributed by atoms with Crippen LogP contribution in [0.2, 0.25) is 0 Å². The number of rotatable bonds is 0. The fraction of sp³-hybridized carbons (Fsp3) is 0.200. The first-order valence-electron chi connectivity index (χ1n) is 2.29. The van der Waals surface area contributed by atoms with Crippen LogP contribution in [0.25, 0.3) is 0 Å². The topological polar surface area (TPSA) is 28.0 Å². The van der Waals surface area contributed by atoms with Crippen molar-refractivity contribution in [2.75, 3.05) is 7.05 Å². The molecule has 1 aliphatic heterocycles. The van der Waals surface area contributed by atoms with Crippen LogP contribution < -0.4 is 0 Å². The van der Waals surface area contributed by atoms with E-state index in [1.165, 1.54) is 0 Å². The molecule has 0 N–H and O–H groups in total. The van der Waals surface area contributed by atoms with Crippen LogP contribution in [0, 0.1) is 0 Å². The van der Waals surface area contributed by atoms with Crippen molar-refractivity contribution < 1.29 is 0 Å². The highest BCUT2D eigenvalue weighted by Gasteiger charge is 1.96. The second-order valence-corrected chi connectivity index (χ2v) is 1.58. The number of nitrogens with zero attached hydrogens (tertiary/aromatic N) is 3. The summed E-state index contributed by atoms with van der Waals surface area (Å²) in [7, 11) is 1.87. The van der Waals surface area contributed by atoms with E-state index in [1.807, 2.05) is 7.05 Å². The SMILES string of the molecule is C=C1C=NN=CN1C. The Morgan fingerprint density at radius 1 is 1.62 bits per heavy atom. The van der Waals surface area contributed by atoms with Crippen LogP contribution in [0.3, 0.4) is 0 Å². The molecule has 0 saturated heterocycles. The molecule has 0 unspecified atom stereocenters. The van der Waals surface area contributed by atoms with Crippen molar-refractivity contribution in [1.29, 1.82) is 0 Å². The minimum Gasteiger partial charge on any atom is -0.333 e. The van der Waals surface area contributed by atoms with Crippen molar-refractivity contribution >= 4 is 12.6 Å². The maximum atomic E-state index is 3.68. The van der Waals surface area contributed by atoms with Crippen molar-refractivity contribution in [3.05, 3.63) is 12.3 Å². The maximum Gasteiger partial charge on any atom is 0.118 e. The Labute approximate surface area is 48.0 Å². The molecule has 0 fully saturated rings. The van der Waals surface area contributed by atoms with Crippen LogP contribution in [0.4, 0.5) is 0 Å². The lowest BCUT2D eigenvalue weighted by molar-refractivity contribution is 0.674. The lowest BCUT2D eigenvalue weighted by Crippen LogP contribution is -2.17. The Kier molecular flexibility index (Phi) is 1.12. The Morgan fingerprint density at radius 2 is 2.38 bits per heavy atom. The molecular weight excluding hydrogens is 102 g/mol. The molecule has 0 atom stereocenters. The van der Waals surface area contributed by atoms with Gasteiger partial charge in [-0.15, -0.1) is 5.10 Å². The lowest BCUT2D eigenvalue weighted by atomic mass is 10.5. The molecule has 0 bridgehead atoms. The molecule has 0 saturated carbocycles. The van der Waals surface area contributed by atoms with Crippen molar-refractivity contribution in [3.8, 4) is 0 Å². The Hall–Kier alpha value is -1.12. The minimum atomic E-state index is 0.861. The maximum absolute atomic E-state index is 3.68.